The van der Waals surface area contributed by atoms with Crippen molar-refractivity contribution >= 4 is 36.8 Å². The average molecular weight is 564 g/mol. The Labute approximate surface area is 196 Å². The topological polar surface area (TPSA) is 83.2 Å². The van der Waals surface area contributed by atoms with Gasteiger partial charge in [-0.2, -0.15) is 22.3 Å². The van der Waals surface area contributed by atoms with Crippen LogP contribution in [0.3, 0.4) is 0 Å². The van der Waals surface area contributed by atoms with E-state index >= 15 is 0 Å². The number of fused-ring (bicyclic) bond motifs is 1. The Bertz CT molecular complexity index is 1610. The lowest BCUT2D eigenvalue weighted by molar-refractivity contribution is 0.346. The van der Waals surface area contributed by atoms with Crippen LogP contribution in [0.4, 0.5) is 22.0 Å². The third-order valence-electron chi connectivity index (χ3n) is 4.77. The molecular formula is C20H11BrF5N3O4S. The highest BCUT2D eigenvalue weighted by Crippen LogP contribution is 2.32. The smallest absolute Gasteiger partial charge is 0.339 e. The van der Waals surface area contributed by atoms with Gasteiger partial charge in [0.25, 0.3) is 5.56 Å². The minimum atomic E-state index is -5.11. The molecule has 2 aromatic heterocycles. The molecule has 4 aromatic rings. The average Bonchev–Trinajstić information content (AvgIpc) is 3.21. The number of benzene rings is 2. The maximum Gasteiger partial charge on any atom is 0.339 e. The van der Waals surface area contributed by atoms with Crippen LogP contribution in [0.1, 0.15) is 5.56 Å². The minimum absolute atomic E-state index is 0.0965. The molecule has 0 spiro atoms. The van der Waals surface area contributed by atoms with Crippen LogP contribution in [0.5, 0.6) is 5.75 Å². The minimum Gasteiger partial charge on any atom is -0.372 e. The van der Waals surface area contributed by atoms with Crippen LogP contribution in [0, 0.1) is 29.1 Å². The number of pyridine rings is 1. The Morgan fingerprint density at radius 3 is 2.18 bits per heavy atom. The predicted octanol–water partition coefficient (Wildman–Crippen LogP) is 4.01. The summed E-state index contributed by atoms with van der Waals surface area (Å²) < 4.78 is 101. The van der Waals surface area contributed by atoms with Crippen LogP contribution in [-0.2, 0) is 23.7 Å². The van der Waals surface area contributed by atoms with Crippen molar-refractivity contribution in [3.05, 3.63) is 86.3 Å². The van der Waals surface area contributed by atoms with E-state index in [1.807, 2.05) is 0 Å². The van der Waals surface area contributed by atoms with Gasteiger partial charge in [0.15, 0.2) is 0 Å². The predicted molar refractivity (Wildman–Crippen MR) is 112 cm³/mol. The van der Waals surface area contributed by atoms with Crippen molar-refractivity contribution in [2.24, 2.45) is 7.05 Å². The van der Waals surface area contributed by atoms with Gasteiger partial charge in [0.1, 0.15) is 4.90 Å². The zero-order valence-electron chi connectivity index (χ0n) is 16.8. The standard InChI is InChI=1S/C20H11BrF5N3O4S/c1-28-6-9(5-27-28)7-29-8-13(21)11-3-2-10(4-12(11)20(29)30)34(31,32)33-19-17(25)15(23)14(22)16(24)18(19)26/h2-6,8H,7H2,1H3. The molecule has 0 aliphatic rings. The third-order valence-corrected chi connectivity index (χ3v) is 6.62. The van der Waals surface area contributed by atoms with Gasteiger partial charge in [-0.1, -0.05) is 6.07 Å². The molecule has 0 bridgehead atoms. The fourth-order valence-corrected chi connectivity index (χ4v) is 4.72. The van der Waals surface area contributed by atoms with E-state index in [1.54, 1.807) is 13.2 Å². The van der Waals surface area contributed by atoms with Crippen molar-refractivity contribution < 1.29 is 34.6 Å². The van der Waals surface area contributed by atoms with Gasteiger partial charge in [-0.15, -0.1) is 0 Å². The fourth-order valence-electron chi connectivity index (χ4n) is 3.17. The van der Waals surface area contributed by atoms with Crippen LogP contribution < -0.4 is 9.74 Å². The Morgan fingerprint density at radius 2 is 1.59 bits per heavy atom. The number of halogens is 6. The van der Waals surface area contributed by atoms with Crippen molar-refractivity contribution in [2.75, 3.05) is 0 Å². The molecule has 2 heterocycles. The summed E-state index contributed by atoms with van der Waals surface area (Å²) in [5.41, 5.74) is 0.0598. The Morgan fingerprint density at radius 1 is 0.971 bits per heavy atom. The third kappa shape index (κ3) is 4.07. The molecule has 178 valence electrons. The quantitative estimate of drug-likeness (QED) is 0.158. The van der Waals surface area contributed by atoms with Gasteiger partial charge < -0.3 is 8.75 Å². The van der Waals surface area contributed by atoms with E-state index in [4.69, 9.17) is 0 Å². The summed E-state index contributed by atoms with van der Waals surface area (Å²) in [6.07, 6.45) is 4.68. The second kappa shape index (κ2) is 8.51. The maximum atomic E-state index is 13.9. The first kappa shape index (κ1) is 23.9. The van der Waals surface area contributed by atoms with Crippen molar-refractivity contribution in [1.82, 2.24) is 14.3 Å². The lowest BCUT2D eigenvalue weighted by atomic mass is 10.2. The van der Waals surface area contributed by atoms with Crippen LogP contribution in [0.2, 0.25) is 0 Å². The molecular weight excluding hydrogens is 553 g/mol. The largest absolute Gasteiger partial charge is 0.372 e. The molecule has 0 unspecified atom stereocenters. The monoisotopic (exact) mass is 563 g/mol. The van der Waals surface area contributed by atoms with Gasteiger partial charge >= 0.3 is 10.1 Å². The number of aryl methyl sites for hydroxylation is 1. The zero-order valence-corrected chi connectivity index (χ0v) is 19.2. The molecule has 34 heavy (non-hydrogen) atoms. The second-order valence-corrected chi connectivity index (χ2v) is 9.48. The van der Waals surface area contributed by atoms with E-state index in [2.05, 4.69) is 25.2 Å². The molecule has 4 rings (SSSR count). The SMILES string of the molecule is Cn1cc(Cn2cc(Br)c3ccc(S(=O)(=O)Oc4c(F)c(F)c(F)c(F)c4F)cc3c2=O)cn1. The molecule has 2 aromatic carbocycles. The zero-order chi connectivity index (χ0) is 24.9. The number of hydrogen-bond donors (Lipinski definition) is 0. The highest BCUT2D eigenvalue weighted by Gasteiger charge is 2.31. The summed E-state index contributed by atoms with van der Waals surface area (Å²) >= 11 is 3.29. The number of nitrogens with zero attached hydrogens (tertiary/aromatic N) is 3. The van der Waals surface area contributed by atoms with Crippen LogP contribution >= 0.6 is 15.9 Å². The van der Waals surface area contributed by atoms with E-state index in [9.17, 15) is 35.2 Å². The first-order chi connectivity index (χ1) is 15.9. The molecule has 0 aliphatic carbocycles. The Hall–Kier alpha value is -3.26. The summed E-state index contributed by atoms with van der Waals surface area (Å²) in [6.45, 7) is 0.0965. The molecule has 0 aliphatic heterocycles. The number of hydrogen-bond acceptors (Lipinski definition) is 5. The fraction of sp³-hybridized carbons (Fsp3) is 0.100. The molecule has 0 N–H and O–H groups in total. The van der Waals surface area contributed by atoms with Crippen LogP contribution in [0.15, 0.2) is 51.0 Å². The van der Waals surface area contributed by atoms with Crippen molar-refractivity contribution in [3.8, 4) is 5.75 Å². The van der Waals surface area contributed by atoms with Gasteiger partial charge in [-0.05, 0) is 28.1 Å². The van der Waals surface area contributed by atoms with Gasteiger partial charge in [0, 0.05) is 40.2 Å². The van der Waals surface area contributed by atoms with Crippen LogP contribution in [0.25, 0.3) is 10.8 Å². The van der Waals surface area contributed by atoms with Gasteiger partial charge in [0.2, 0.25) is 34.8 Å². The van der Waals surface area contributed by atoms with Crippen molar-refractivity contribution in [3.63, 3.8) is 0 Å². The molecule has 7 nitrogen and oxygen atoms in total. The van der Waals surface area contributed by atoms with Gasteiger partial charge in [0.05, 0.1) is 12.7 Å². The Balaban J connectivity index is 1.81. The lowest BCUT2D eigenvalue weighted by Gasteiger charge is -2.12. The van der Waals surface area contributed by atoms with E-state index in [0.29, 0.717) is 15.4 Å². The van der Waals surface area contributed by atoms with Crippen LogP contribution in [-0.4, -0.2) is 22.8 Å². The molecule has 0 saturated carbocycles. The van der Waals surface area contributed by atoms with Crippen molar-refractivity contribution in [2.45, 2.75) is 11.4 Å². The Kier molecular flexibility index (Phi) is 5.97. The number of aromatic nitrogens is 3. The maximum absolute atomic E-state index is 13.9. The first-order valence-corrected chi connectivity index (χ1v) is 11.4. The molecule has 0 radical (unpaired) electrons. The molecule has 0 atom stereocenters. The lowest BCUT2D eigenvalue weighted by Crippen LogP contribution is -2.21. The van der Waals surface area contributed by atoms with Gasteiger partial charge in [-0.3, -0.25) is 9.48 Å². The molecule has 0 saturated heterocycles. The first-order valence-electron chi connectivity index (χ1n) is 9.17. The van der Waals surface area contributed by atoms with E-state index in [1.165, 1.54) is 27.7 Å². The highest BCUT2D eigenvalue weighted by molar-refractivity contribution is 9.10. The summed E-state index contributed by atoms with van der Waals surface area (Å²) in [4.78, 5) is 12.2. The molecule has 0 amide bonds. The normalized spacial score (nSPS) is 11.9. The second-order valence-electron chi connectivity index (χ2n) is 7.08. The number of rotatable bonds is 5. The van der Waals surface area contributed by atoms with E-state index in [-0.39, 0.29) is 11.9 Å². The van der Waals surface area contributed by atoms with Crippen molar-refractivity contribution in [1.29, 1.82) is 0 Å². The summed E-state index contributed by atoms with van der Waals surface area (Å²) in [6, 6.07) is 3.06. The summed E-state index contributed by atoms with van der Waals surface area (Å²) in [5, 5.41) is 4.20. The van der Waals surface area contributed by atoms with E-state index < -0.39 is 55.4 Å². The highest BCUT2D eigenvalue weighted by atomic mass is 79.9. The van der Waals surface area contributed by atoms with Gasteiger partial charge in [-0.25, -0.2) is 13.2 Å². The summed E-state index contributed by atoms with van der Waals surface area (Å²) in [5.74, 6) is -14.1. The molecule has 0 fully saturated rings. The molecule has 14 heteroatoms. The summed E-state index contributed by atoms with van der Waals surface area (Å²) in [7, 11) is -3.42. The van der Waals surface area contributed by atoms with E-state index in [0.717, 1.165) is 12.1 Å².